The van der Waals surface area contributed by atoms with E-state index in [0.717, 1.165) is 5.56 Å². The van der Waals surface area contributed by atoms with Gasteiger partial charge in [-0.25, -0.2) is 4.39 Å². The Balaban J connectivity index is 2.11. The Kier molecular flexibility index (Phi) is 1.66. The third-order valence-electron chi connectivity index (χ3n) is 3.83. The molecule has 2 aliphatic rings. The predicted octanol–water partition coefficient (Wildman–Crippen LogP) is 4.51. The molecule has 1 unspecified atom stereocenters. The zero-order valence-corrected chi connectivity index (χ0v) is 9.28. The van der Waals surface area contributed by atoms with E-state index in [4.69, 9.17) is 0 Å². The van der Waals surface area contributed by atoms with Gasteiger partial charge in [-0.2, -0.15) is 0 Å². The zero-order valence-electron chi connectivity index (χ0n) is 9.28. The van der Waals surface area contributed by atoms with Crippen LogP contribution in [0, 0.1) is 0 Å². The molecule has 82 valence electrons. The van der Waals surface area contributed by atoms with Crippen molar-refractivity contribution in [3.05, 3.63) is 65.0 Å². The fourth-order valence-corrected chi connectivity index (χ4v) is 3.17. The van der Waals surface area contributed by atoms with Gasteiger partial charge in [0.25, 0.3) is 0 Å². The van der Waals surface area contributed by atoms with Crippen molar-refractivity contribution in [2.45, 2.75) is 12.3 Å². The monoisotopic (exact) mass is 222 g/mol. The summed E-state index contributed by atoms with van der Waals surface area (Å²) >= 11 is 0. The Bertz CT molecular complexity index is 652. The van der Waals surface area contributed by atoms with Crippen LogP contribution in [0.1, 0.15) is 29.0 Å². The maximum Gasteiger partial charge on any atom is 0.101 e. The first-order valence-corrected chi connectivity index (χ1v) is 5.93. The van der Waals surface area contributed by atoms with E-state index in [-0.39, 0.29) is 11.7 Å². The number of allylic oxidation sites excluding steroid dienone is 1. The second kappa shape index (κ2) is 3.07. The van der Waals surface area contributed by atoms with Gasteiger partial charge >= 0.3 is 0 Å². The fraction of sp³-hybridized carbons (Fsp3) is 0.125. The number of hydrogen-bond donors (Lipinski definition) is 0. The molecule has 0 radical (unpaired) electrons. The third-order valence-corrected chi connectivity index (χ3v) is 3.83. The van der Waals surface area contributed by atoms with Crippen molar-refractivity contribution in [1.29, 1.82) is 0 Å². The van der Waals surface area contributed by atoms with E-state index in [0.29, 0.717) is 6.42 Å². The molecule has 0 spiro atoms. The highest BCUT2D eigenvalue weighted by molar-refractivity contribution is 5.84. The first-order chi connectivity index (χ1) is 8.34. The molecule has 2 aromatic rings. The van der Waals surface area contributed by atoms with E-state index in [1.165, 1.54) is 22.3 Å². The van der Waals surface area contributed by atoms with Crippen LogP contribution in [0.3, 0.4) is 0 Å². The van der Waals surface area contributed by atoms with Crippen LogP contribution in [0.2, 0.25) is 0 Å². The number of hydrogen-bond acceptors (Lipinski definition) is 0. The summed E-state index contributed by atoms with van der Waals surface area (Å²) in [6.45, 7) is 0. The van der Waals surface area contributed by atoms with Crippen LogP contribution >= 0.6 is 0 Å². The van der Waals surface area contributed by atoms with E-state index in [9.17, 15) is 4.39 Å². The van der Waals surface area contributed by atoms with Gasteiger partial charge in [0, 0.05) is 12.3 Å². The fourth-order valence-electron chi connectivity index (χ4n) is 3.17. The standard InChI is InChI=1S/C16H11F/c17-11-8-10-4-3-7-14-12-5-1-2-6-13(12)15(9-11)16(10)14/h1-8,15H,9H2. The van der Waals surface area contributed by atoms with Crippen LogP contribution in [0.5, 0.6) is 0 Å². The van der Waals surface area contributed by atoms with Crippen LogP contribution in [0.15, 0.2) is 48.3 Å². The molecule has 0 saturated heterocycles. The van der Waals surface area contributed by atoms with Gasteiger partial charge in [0.2, 0.25) is 0 Å². The van der Waals surface area contributed by atoms with Gasteiger partial charge < -0.3 is 0 Å². The second-order valence-corrected chi connectivity index (χ2v) is 4.74. The summed E-state index contributed by atoms with van der Waals surface area (Å²) in [7, 11) is 0. The average molecular weight is 222 g/mol. The number of fused-ring (bicyclic) bond motifs is 3. The Morgan fingerprint density at radius 3 is 2.71 bits per heavy atom. The van der Waals surface area contributed by atoms with Gasteiger partial charge in [0.1, 0.15) is 5.83 Å². The normalized spacial score (nSPS) is 19.6. The lowest BCUT2D eigenvalue weighted by Crippen LogP contribution is -2.03. The highest BCUT2D eigenvalue weighted by Gasteiger charge is 2.33. The average Bonchev–Trinajstić information content (AvgIpc) is 2.67. The molecule has 2 aliphatic carbocycles. The van der Waals surface area contributed by atoms with Gasteiger partial charge in [-0.3, -0.25) is 0 Å². The summed E-state index contributed by atoms with van der Waals surface area (Å²) in [6, 6.07) is 14.5. The van der Waals surface area contributed by atoms with E-state index in [2.05, 4.69) is 24.3 Å². The minimum Gasteiger partial charge on any atom is -0.212 e. The highest BCUT2D eigenvalue weighted by Crippen LogP contribution is 2.51. The lowest BCUT2D eigenvalue weighted by molar-refractivity contribution is 0.569. The lowest BCUT2D eigenvalue weighted by atomic mass is 9.86. The molecule has 0 N–H and O–H groups in total. The summed E-state index contributed by atoms with van der Waals surface area (Å²) < 4.78 is 13.7. The second-order valence-electron chi connectivity index (χ2n) is 4.74. The van der Waals surface area contributed by atoms with E-state index < -0.39 is 0 Å². The summed E-state index contributed by atoms with van der Waals surface area (Å²) in [5.41, 5.74) is 6.20. The van der Waals surface area contributed by atoms with Gasteiger partial charge in [0.15, 0.2) is 0 Å². The van der Waals surface area contributed by atoms with Crippen LogP contribution in [-0.2, 0) is 0 Å². The molecular formula is C16H11F. The Hall–Kier alpha value is -1.89. The Labute approximate surface area is 99.4 Å². The zero-order chi connectivity index (χ0) is 11.4. The van der Waals surface area contributed by atoms with Crippen molar-refractivity contribution in [2.75, 3.05) is 0 Å². The summed E-state index contributed by atoms with van der Waals surface area (Å²) in [5.74, 6) is 0.221. The maximum atomic E-state index is 13.7. The van der Waals surface area contributed by atoms with Crippen LogP contribution in [-0.4, -0.2) is 0 Å². The Morgan fingerprint density at radius 2 is 1.76 bits per heavy atom. The number of rotatable bonds is 0. The minimum atomic E-state index is -0.00338. The van der Waals surface area contributed by atoms with E-state index in [1.54, 1.807) is 6.08 Å². The first-order valence-electron chi connectivity index (χ1n) is 5.93. The summed E-state index contributed by atoms with van der Waals surface area (Å²) in [6.07, 6.45) is 2.20. The Morgan fingerprint density at radius 1 is 0.941 bits per heavy atom. The number of benzene rings is 2. The van der Waals surface area contributed by atoms with Crippen LogP contribution < -0.4 is 0 Å². The van der Waals surface area contributed by atoms with Crippen molar-refractivity contribution in [3.63, 3.8) is 0 Å². The van der Waals surface area contributed by atoms with Crippen molar-refractivity contribution >= 4 is 6.08 Å². The topological polar surface area (TPSA) is 0 Å². The smallest absolute Gasteiger partial charge is 0.101 e. The molecule has 0 heterocycles. The molecular weight excluding hydrogens is 211 g/mol. The number of halogens is 1. The molecule has 0 nitrogen and oxygen atoms in total. The first kappa shape index (κ1) is 9.17. The predicted molar refractivity (Wildman–Crippen MR) is 67.4 cm³/mol. The van der Waals surface area contributed by atoms with Gasteiger partial charge in [-0.05, 0) is 33.9 Å². The van der Waals surface area contributed by atoms with Crippen molar-refractivity contribution < 1.29 is 4.39 Å². The molecule has 1 heteroatoms. The van der Waals surface area contributed by atoms with Crippen LogP contribution in [0.25, 0.3) is 17.2 Å². The molecule has 0 saturated carbocycles. The highest BCUT2D eigenvalue weighted by atomic mass is 19.1. The molecule has 0 aliphatic heterocycles. The molecule has 0 amide bonds. The quantitative estimate of drug-likeness (QED) is 0.615. The molecule has 2 aromatic carbocycles. The van der Waals surface area contributed by atoms with Crippen LogP contribution in [0.4, 0.5) is 4.39 Å². The summed E-state index contributed by atoms with van der Waals surface area (Å²) in [4.78, 5) is 0. The largest absolute Gasteiger partial charge is 0.212 e. The molecule has 1 atom stereocenters. The molecule has 0 aromatic heterocycles. The van der Waals surface area contributed by atoms with Gasteiger partial charge in [-0.15, -0.1) is 0 Å². The third kappa shape index (κ3) is 1.11. The molecule has 4 rings (SSSR count). The van der Waals surface area contributed by atoms with Crippen molar-refractivity contribution in [1.82, 2.24) is 0 Å². The van der Waals surface area contributed by atoms with Crippen molar-refractivity contribution in [2.24, 2.45) is 0 Å². The van der Waals surface area contributed by atoms with Gasteiger partial charge in [-0.1, -0.05) is 42.5 Å². The van der Waals surface area contributed by atoms with E-state index >= 15 is 0 Å². The minimum absolute atomic E-state index is 0.00338. The SMILES string of the molecule is FC1=Cc2cccc3c2C(C1)c1ccccc1-3. The van der Waals surface area contributed by atoms with E-state index in [1.807, 2.05) is 18.2 Å². The maximum absolute atomic E-state index is 13.7. The van der Waals surface area contributed by atoms with Crippen molar-refractivity contribution in [3.8, 4) is 11.1 Å². The van der Waals surface area contributed by atoms with Gasteiger partial charge in [0.05, 0.1) is 0 Å². The summed E-state index contributed by atoms with van der Waals surface area (Å²) in [5, 5.41) is 0. The molecule has 17 heavy (non-hydrogen) atoms. The lowest BCUT2D eigenvalue weighted by Gasteiger charge is -2.19. The molecule has 0 fully saturated rings. The molecule has 0 bridgehead atoms.